The molecule has 0 unspecified atom stereocenters. The molecule has 0 aliphatic heterocycles. The highest BCUT2D eigenvalue weighted by Gasteiger charge is 2.32. The molecule has 0 fully saturated rings. The van der Waals surface area contributed by atoms with Crippen molar-refractivity contribution in [1.82, 2.24) is 0 Å². The highest BCUT2D eigenvalue weighted by atomic mass is 79.9. The third-order valence-electron chi connectivity index (χ3n) is 1.42. The van der Waals surface area contributed by atoms with Gasteiger partial charge in [-0.05, 0) is 35.9 Å². The molecule has 96 valence electrons. The van der Waals surface area contributed by atoms with Crippen LogP contribution in [0, 0.1) is 0 Å². The Bertz CT molecular complexity index is 281. The Morgan fingerprint density at radius 2 is 1.81 bits per heavy atom. The molecule has 0 amide bonds. The van der Waals surface area contributed by atoms with E-state index in [1.54, 1.807) is 13.8 Å². The second-order valence-electron chi connectivity index (χ2n) is 2.68. The molecule has 0 bridgehead atoms. The molecule has 3 nitrogen and oxygen atoms in total. The van der Waals surface area contributed by atoms with Gasteiger partial charge in [-0.25, -0.2) is 4.39 Å². The Labute approximate surface area is 101 Å². The van der Waals surface area contributed by atoms with E-state index >= 15 is 0 Å². The standard InChI is InChI=1S/C8H13BrF3O3P/c1-3-14-16(13,15-4-2)6-5-7(10)8(9,11)12/h5H,3-4,6H2,1-2H3. The van der Waals surface area contributed by atoms with Gasteiger partial charge in [0.15, 0.2) is 5.83 Å². The molecule has 0 aromatic rings. The maximum atomic E-state index is 12.8. The summed E-state index contributed by atoms with van der Waals surface area (Å²) in [5, 5.41) is 0. The molecule has 0 N–H and O–H groups in total. The van der Waals surface area contributed by atoms with Crippen molar-refractivity contribution in [2.45, 2.75) is 18.7 Å². The zero-order valence-electron chi connectivity index (χ0n) is 8.88. The Morgan fingerprint density at radius 1 is 1.38 bits per heavy atom. The molecule has 0 heterocycles. The van der Waals surface area contributed by atoms with Crippen LogP contribution in [0.15, 0.2) is 11.9 Å². The summed E-state index contributed by atoms with van der Waals surface area (Å²) < 4.78 is 58.8. The van der Waals surface area contributed by atoms with Gasteiger partial charge in [0, 0.05) is 0 Å². The molecule has 0 saturated heterocycles. The lowest BCUT2D eigenvalue weighted by Gasteiger charge is -2.15. The molecule has 0 aliphatic rings. The first-order valence-electron chi connectivity index (χ1n) is 4.56. The maximum absolute atomic E-state index is 12.8. The number of hydrogen-bond acceptors (Lipinski definition) is 3. The van der Waals surface area contributed by atoms with Crippen molar-refractivity contribution in [3.05, 3.63) is 11.9 Å². The van der Waals surface area contributed by atoms with E-state index in [9.17, 15) is 17.7 Å². The number of alkyl halides is 3. The molecule has 0 aliphatic carbocycles. The Balaban J connectivity index is 4.60. The van der Waals surface area contributed by atoms with Gasteiger partial charge in [-0.15, -0.1) is 0 Å². The summed E-state index contributed by atoms with van der Waals surface area (Å²) in [6, 6.07) is 0. The van der Waals surface area contributed by atoms with Gasteiger partial charge < -0.3 is 9.05 Å². The zero-order chi connectivity index (χ0) is 12.8. The summed E-state index contributed by atoms with van der Waals surface area (Å²) in [6.45, 7) is 3.34. The van der Waals surface area contributed by atoms with Crippen molar-refractivity contribution >= 4 is 23.5 Å². The fourth-order valence-corrected chi connectivity index (χ4v) is 2.46. The Hall–Kier alpha value is 0.160. The second kappa shape index (κ2) is 6.79. The summed E-state index contributed by atoms with van der Waals surface area (Å²) in [4.78, 5) is -3.75. The molecule has 16 heavy (non-hydrogen) atoms. The fraction of sp³-hybridized carbons (Fsp3) is 0.750. The fourth-order valence-electron chi connectivity index (χ4n) is 0.844. The van der Waals surface area contributed by atoms with Crippen LogP contribution in [0.25, 0.3) is 0 Å². The maximum Gasteiger partial charge on any atom is 0.351 e. The third kappa shape index (κ3) is 6.03. The van der Waals surface area contributed by atoms with Crippen molar-refractivity contribution in [3.63, 3.8) is 0 Å². The number of halogens is 4. The lowest BCUT2D eigenvalue weighted by molar-refractivity contribution is 0.127. The molecule has 0 aromatic carbocycles. The van der Waals surface area contributed by atoms with E-state index in [4.69, 9.17) is 9.05 Å². The first-order chi connectivity index (χ1) is 7.25. The van der Waals surface area contributed by atoms with Crippen LogP contribution in [0.5, 0.6) is 0 Å². The predicted molar refractivity (Wildman–Crippen MR) is 58.8 cm³/mol. The van der Waals surface area contributed by atoms with Crippen LogP contribution in [-0.4, -0.2) is 24.2 Å². The van der Waals surface area contributed by atoms with Crippen LogP contribution >= 0.6 is 23.5 Å². The lowest BCUT2D eigenvalue weighted by Crippen LogP contribution is -2.07. The van der Waals surface area contributed by atoms with E-state index in [0.29, 0.717) is 6.08 Å². The van der Waals surface area contributed by atoms with E-state index < -0.39 is 24.4 Å². The van der Waals surface area contributed by atoms with Gasteiger partial charge in [0.1, 0.15) is 0 Å². The lowest BCUT2D eigenvalue weighted by atomic mass is 10.5. The van der Waals surface area contributed by atoms with Gasteiger partial charge in [0.2, 0.25) is 0 Å². The summed E-state index contributed by atoms with van der Waals surface area (Å²) in [5.41, 5.74) is 0. The molecule has 0 rings (SSSR count). The van der Waals surface area contributed by atoms with Gasteiger partial charge in [0.05, 0.1) is 19.4 Å². The van der Waals surface area contributed by atoms with E-state index in [0.717, 1.165) is 0 Å². The average molecular weight is 325 g/mol. The Kier molecular flexibility index (Phi) is 6.86. The number of allylic oxidation sites excluding steroid dienone is 2. The minimum absolute atomic E-state index is 0.0947. The molecular formula is C8H13BrF3O3P. The first-order valence-corrected chi connectivity index (χ1v) is 7.08. The van der Waals surface area contributed by atoms with Gasteiger partial charge in [0.25, 0.3) is 0 Å². The van der Waals surface area contributed by atoms with Gasteiger partial charge in [-0.3, -0.25) is 4.57 Å². The third-order valence-corrected chi connectivity index (χ3v) is 3.73. The SMILES string of the molecule is CCOP(=O)(CC=C(F)C(F)(F)Br)OCC. The van der Waals surface area contributed by atoms with Crippen LogP contribution in [0.1, 0.15) is 13.8 Å². The highest BCUT2D eigenvalue weighted by Crippen LogP contribution is 2.48. The predicted octanol–water partition coefficient (Wildman–Crippen LogP) is 4.09. The summed E-state index contributed by atoms with van der Waals surface area (Å²) in [7, 11) is -3.51. The summed E-state index contributed by atoms with van der Waals surface area (Å²) in [6.07, 6.45) is -0.0252. The summed E-state index contributed by atoms with van der Waals surface area (Å²) in [5.74, 6) is -1.72. The molecule has 0 spiro atoms. The minimum atomic E-state index is -3.75. The van der Waals surface area contributed by atoms with E-state index in [-0.39, 0.29) is 13.2 Å². The Morgan fingerprint density at radius 3 is 2.12 bits per heavy atom. The smallest absolute Gasteiger partial charge is 0.309 e. The highest BCUT2D eigenvalue weighted by molar-refractivity contribution is 9.10. The van der Waals surface area contributed by atoms with E-state index in [1.165, 1.54) is 0 Å². The van der Waals surface area contributed by atoms with Gasteiger partial charge in [-0.2, -0.15) is 8.78 Å². The van der Waals surface area contributed by atoms with E-state index in [2.05, 4.69) is 0 Å². The molecule has 8 heteroatoms. The molecular weight excluding hydrogens is 312 g/mol. The van der Waals surface area contributed by atoms with Crippen LogP contribution < -0.4 is 0 Å². The second-order valence-corrected chi connectivity index (χ2v) is 5.78. The van der Waals surface area contributed by atoms with Crippen molar-refractivity contribution < 1.29 is 26.8 Å². The zero-order valence-corrected chi connectivity index (χ0v) is 11.4. The molecule has 0 radical (unpaired) electrons. The molecule has 0 atom stereocenters. The van der Waals surface area contributed by atoms with Gasteiger partial charge in [-0.1, -0.05) is 0 Å². The topological polar surface area (TPSA) is 35.5 Å². The monoisotopic (exact) mass is 324 g/mol. The molecule has 0 aromatic heterocycles. The van der Waals surface area contributed by atoms with Crippen molar-refractivity contribution in [1.29, 1.82) is 0 Å². The number of hydrogen-bond donors (Lipinski definition) is 0. The first kappa shape index (κ1) is 16.2. The quantitative estimate of drug-likeness (QED) is 0.522. The van der Waals surface area contributed by atoms with Gasteiger partial charge >= 0.3 is 12.4 Å². The van der Waals surface area contributed by atoms with Crippen LogP contribution in [0.3, 0.4) is 0 Å². The largest absolute Gasteiger partial charge is 0.351 e. The normalized spacial score (nSPS) is 14.2. The van der Waals surface area contributed by atoms with Crippen molar-refractivity contribution in [2.75, 3.05) is 19.4 Å². The van der Waals surface area contributed by atoms with Crippen molar-refractivity contribution in [3.8, 4) is 0 Å². The average Bonchev–Trinajstić information content (AvgIpc) is 2.13. The molecule has 0 saturated carbocycles. The van der Waals surface area contributed by atoms with Crippen molar-refractivity contribution in [2.24, 2.45) is 0 Å². The van der Waals surface area contributed by atoms with Crippen LogP contribution in [0.2, 0.25) is 0 Å². The number of rotatable bonds is 7. The van der Waals surface area contributed by atoms with Crippen LogP contribution in [-0.2, 0) is 13.6 Å². The minimum Gasteiger partial charge on any atom is -0.309 e. The van der Waals surface area contributed by atoms with E-state index in [1.807, 2.05) is 15.9 Å². The summed E-state index contributed by atoms with van der Waals surface area (Å²) >= 11 is 1.84. The van der Waals surface area contributed by atoms with Crippen LogP contribution in [0.4, 0.5) is 13.2 Å².